The molecule has 0 bridgehead atoms. The smallest absolute Gasteiger partial charge is 0.243 e. The molecule has 4 nitrogen and oxygen atoms in total. The highest BCUT2D eigenvalue weighted by Gasteiger charge is 2.33. The zero-order valence-electron chi connectivity index (χ0n) is 14.2. The Balaban J connectivity index is 1.98. The van der Waals surface area contributed by atoms with Crippen LogP contribution in [0.5, 0.6) is 5.75 Å². The highest BCUT2D eigenvalue weighted by atomic mass is 35.5. The van der Waals surface area contributed by atoms with E-state index < -0.39 is 10.0 Å². The Morgan fingerprint density at radius 3 is 2.32 bits per heavy atom. The van der Waals surface area contributed by atoms with Gasteiger partial charge in [0.1, 0.15) is 5.75 Å². The molecule has 6 heteroatoms. The molecule has 0 amide bonds. The monoisotopic (exact) mass is 379 g/mol. The van der Waals surface area contributed by atoms with Gasteiger partial charge in [-0.2, -0.15) is 4.31 Å². The van der Waals surface area contributed by atoms with Crippen molar-refractivity contribution in [3.05, 3.63) is 59.1 Å². The van der Waals surface area contributed by atoms with Crippen molar-refractivity contribution in [2.45, 2.75) is 36.6 Å². The number of halogens is 1. The Morgan fingerprint density at radius 1 is 1.00 bits per heavy atom. The van der Waals surface area contributed by atoms with E-state index in [1.807, 2.05) is 24.3 Å². The van der Waals surface area contributed by atoms with Gasteiger partial charge in [-0.05, 0) is 54.8 Å². The number of benzene rings is 2. The molecule has 0 aromatic heterocycles. The fourth-order valence-corrected chi connectivity index (χ4v) is 5.08. The van der Waals surface area contributed by atoms with Crippen molar-refractivity contribution >= 4 is 21.6 Å². The zero-order chi connectivity index (χ0) is 17.9. The summed E-state index contributed by atoms with van der Waals surface area (Å²) in [5.74, 6) is 0.643. The number of sulfonamides is 1. The van der Waals surface area contributed by atoms with E-state index in [9.17, 15) is 8.42 Å². The molecule has 1 aliphatic rings. The lowest BCUT2D eigenvalue weighted by Crippen LogP contribution is -2.34. The lowest BCUT2D eigenvalue weighted by Gasteiger charge is -2.29. The maximum Gasteiger partial charge on any atom is 0.243 e. The second-order valence-corrected chi connectivity index (χ2v) is 8.53. The van der Waals surface area contributed by atoms with E-state index in [1.165, 1.54) is 0 Å². The van der Waals surface area contributed by atoms with Crippen molar-refractivity contribution in [2.24, 2.45) is 0 Å². The quantitative estimate of drug-likeness (QED) is 0.776. The van der Waals surface area contributed by atoms with Crippen LogP contribution < -0.4 is 4.74 Å². The fraction of sp³-hybridized carbons (Fsp3) is 0.368. The van der Waals surface area contributed by atoms with Crippen molar-refractivity contribution in [3.8, 4) is 5.75 Å². The maximum absolute atomic E-state index is 13.2. The topological polar surface area (TPSA) is 46.6 Å². The predicted octanol–water partition coefficient (Wildman–Crippen LogP) is 4.65. The summed E-state index contributed by atoms with van der Waals surface area (Å²) < 4.78 is 33.3. The van der Waals surface area contributed by atoms with Crippen LogP contribution in [-0.2, 0) is 10.0 Å². The van der Waals surface area contributed by atoms with Crippen molar-refractivity contribution in [1.82, 2.24) is 4.31 Å². The van der Waals surface area contributed by atoms with Crippen LogP contribution in [0.15, 0.2) is 53.4 Å². The van der Waals surface area contributed by atoms with E-state index in [0.29, 0.717) is 22.2 Å². The van der Waals surface area contributed by atoms with E-state index in [0.717, 1.165) is 31.2 Å². The highest BCUT2D eigenvalue weighted by molar-refractivity contribution is 7.89. The van der Waals surface area contributed by atoms with Crippen LogP contribution >= 0.6 is 11.6 Å². The minimum atomic E-state index is -3.57. The Hall–Kier alpha value is -1.56. The van der Waals surface area contributed by atoms with E-state index in [-0.39, 0.29) is 6.04 Å². The lowest BCUT2D eigenvalue weighted by atomic mass is 10.0. The summed E-state index contributed by atoms with van der Waals surface area (Å²) in [6.45, 7) is 0.529. The Labute approximate surface area is 154 Å². The highest BCUT2D eigenvalue weighted by Crippen LogP contribution is 2.35. The van der Waals surface area contributed by atoms with Crippen LogP contribution in [0.2, 0.25) is 5.02 Å². The van der Waals surface area contributed by atoms with Crippen LogP contribution in [0.4, 0.5) is 0 Å². The van der Waals surface area contributed by atoms with Gasteiger partial charge in [0.2, 0.25) is 10.0 Å². The molecule has 1 atom stereocenters. The second kappa shape index (κ2) is 7.77. The van der Waals surface area contributed by atoms with Crippen molar-refractivity contribution < 1.29 is 13.2 Å². The molecular weight excluding hydrogens is 358 g/mol. The van der Waals surface area contributed by atoms with E-state index >= 15 is 0 Å². The molecule has 0 unspecified atom stereocenters. The van der Waals surface area contributed by atoms with E-state index in [4.69, 9.17) is 16.3 Å². The minimum absolute atomic E-state index is 0.160. The van der Waals surface area contributed by atoms with Gasteiger partial charge in [0.15, 0.2) is 0 Å². The predicted molar refractivity (Wildman–Crippen MR) is 99.5 cm³/mol. The molecule has 1 aliphatic heterocycles. The summed E-state index contributed by atoms with van der Waals surface area (Å²) >= 11 is 5.99. The summed E-state index contributed by atoms with van der Waals surface area (Å²) in [6.07, 6.45) is 3.75. The molecule has 134 valence electrons. The Bertz CT molecular complexity index is 804. The first-order valence-electron chi connectivity index (χ1n) is 8.44. The van der Waals surface area contributed by atoms with Gasteiger partial charge < -0.3 is 4.74 Å². The Morgan fingerprint density at radius 2 is 1.68 bits per heavy atom. The standard InChI is InChI=1S/C19H22ClNO3S/c1-24-17-10-12-18(13-11-17)25(22,23)21-14-4-2-3-5-19(21)15-6-8-16(20)9-7-15/h6-13,19H,2-5,14H2,1H3/t19-/m0/s1. The first-order chi connectivity index (χ1) is 12.0. The number of methoxy groups -OCH3 is 1. The van der Waals surface area contributed by atoms with Gasteiger partial charge in [-0.15, -0.1) is 0 Å². The number of nitrogens with zero attached hydrogens (tertiary/aromatic N) is 1. The number of hydrogen-bond donors (Lipinski definition) is 0. The van der Waals surface area contributed by atoms with Gasteiger partial charge in [-0.3, -0.25) is 0 Å². The summed E-state index contributed by atoms with van der Waals surface area (Å²) in [7, 11) is -2.01. The third-order valence-electron chi connectivity index (χ3n) is 4.62. The number of hydrogen-bond acceptors (Lipinski definition) is 3. The largest absolute Gasteiger partial charge is 0.497 e. The molecule has 0 radical (unpaired) electrons. The molecule has 0 saturated carbocycles. The normalized spacial score (nSPS) is 19.4. The Kier molecular flexibility index (Phi) is 5.67. The number of rotatable bonds is 4. The summed E-state index contributed by atoms with van der Waals surface area (Å²) in [4.78, 5) is 0.300. The van der Waals surface area contributed by atoms with Gasteiger partial charge in [0.05, 0.1) is 18.0 Å². The van der Waals surface area contributed by atoms with Crippen LogP contribution in [0.25, 0.3) is 0 Å². The van der Waals surface area contributed by atoms with Gasteiger partial charge >= 0.3 is 0 Å². The molecule has 1 saturated heterocycles. The van der Waals surface area contributed by atoms with Gasteiger partial charge in [-0.1, -0.05) is 36.6 Å². The molecule has 2 aromatic rings. The first kappa shape index (κ1) is 18.2. The molecule has 2 aromatic carbocycles. The molecular formula is C19H22ClNO3S. The maximum atomic E-state index is 13.2. The van der Waals surface area contributed by atoms with Gasteiger partial charge in [-0.25, -0.2) is 8.42 Å². The van der Waals surface area contributed by atoms with Crippen molar-refractivity contribution in [3.63, 3.8) is 0 Å². The summed E-state index contributed by atoms with van der Waals surface area (Å²) in [5, 5.41) is 0.655. The zero-order valence-corrected chi connectivity index (χ0v) is 15.8. The van der Waals surface area contributed by atoms with Crippen LogP contribution in [0.1, 0.15) is 37.3 Å². The summed E-state index contributed by atoms with van der Waals surface area (Å²) in [6, 6.07) is 13.9. The molecule has 3 rings (SSSR count). The van der Waals surface area contributed by atoms with E-state index in [2.05, 4.69) is 0 Å². The third kappa shape index (κ3) is 4.00. The van der Waals surface area contributed by atoms with Gasteiger partial charge in [0, 0.05) is 11.6 Å². The first-order valence-corrected chi connectivity index (χ1v) is 10.3. The SMILES string of the molecule is COc1ccc(S(=O)(=O)N2CCCCC[C@H]2c2ccc(Cl)cc2)cc1. The minimum Gasteiger partial charge on any atom is -0.497 e. The summed E-state index contributed by atoms with van der Waals surface area (Å²) in [5.41, 5.74) is 0.989. The number of ether oxygens (including phenoxy) is 1. The van der Waals surface area contributed by atoms with Gasteiger partial charge in [0.25, 0.3) is 0 Å². The van der Waals surface area contributed by atoms with E-state index in [1.54, 1.807) is 35.7 Å². The average Bonchev–Trinajstić information content (AvgIpc) is 2.89. The average molecular weight is 380 g/mol. The molecule has 1 fully saturated rings. The molecule has 0 aliphatic carbocycles. The van der Waals surface area contributed by atoms with Crippen molar-refractivity contribution in [1.29, 1.82) is 0 Å². The van der Waals surface area contributed by atoms with Crippen molar-refractivity contribution in [2.75, 3.05) is 13.7 Å². The third-order valence-corrected chi connectivity index (χ3v) is 6.80. The van der Waals surface area contributed by atoms with Crippen LogP contribution in [0, 0.1) is 0 Å². The molecule has 1 heterocycles. The van der Waals surface area contributed by atoms with Crippen LogP contribution in [-0.4, -0.2) is 26.4 Å². The molecule has 0 N–H and O–H groups in total. The molecule has 0 spiro atoms. The van der Waals surface area contributed by atoms with Crippen LogP contribution in [0.3, 0.4) is 0 Å². The fourth-order valence-electron chi connectivity index (χ4n) is 3.27. The molecule has 25 heavy (non-hydrogen) atoms. The second-order valence-electron chi connectivity index (χ2n) is 6.21. The lowest BCUT2D eigenvalue weighted by molar-refractivity contribution is 0.329.